The maximum atomic E-state index is 13.9. The van der Waals surface area contributed by atoms with E-state index in [1.807, 2.05) is 19.1 Å². The first-order valence-electron chi connectivity index (χ1n) is 9.83. The van der Waals surface area contributed by atoms with Gasteiger partial charge in [0, 0.05) is 36.6 Å². The molecule has 0 radical (unpaired) electrons. The number of carbonyl (C=O) groups is 1. The van der Waals surface area contributed by atoms with E-state index in [0.29, 0.717) is 30.6 Å². The fourth-order valence-corrected chi connectivity index (χ4v) is 3.67. The number of rotatable bonds is 5. The van der Waals surface area contributed by atoms with Crippen molar-refractivity contribution >= 4 is 17.5 Å². The van der Waals surface area contributed by atoms with Gasteiger partial charge in [0.05, 0.1) is 5.56 Å². The first kappa shape index (κ1) is 19.9. The number of aryl methyl sites for hydroxylation is 1. The zero-order valence-electron chi connectivity index (χ0n) is 16.5. The quantitative estimate of drug-likeness (QED) is 0.668. The van der Waals surface area contributed by atoms with E-state index in [9.17, 15) is 13.6 Å². The van der Waals surface area contributed by atoms with Gasteiger partial charge in [-0.1, -0.05) is 6.07 Å². The van der Waals surface area contributed by atoms with Crippen LogP contribution in [0, 0.1) is 24.5 Å². The van der Waals surface area contributed by atoms with Gasteiger partial charge in [0.25, 0.3) is 5.91 Å². The summed E-state index contributed by atoms with van der Waals surface area (Å²) in [5, 5.41) is 10.1. The Morgan fingerprint density at radius 1 is 1.20 bits per heavy atom. The average Bonchev–Trinajstić information content (AvgIpc) is 3.15. The lowest BCUT2D eigenvalue weighted by molar-refractivity contribution is 0.0684. The molecule has 1 saturated heterocycles. The number of likely N-dealkylation sites (tertiary alicyclic amines) is 1. The Morgan fingerprint density at radius 2 is 2.00 bits per heavy atom. The molecule has 30 heavy (non-hydrogen) atoms. The molecule has 156 valence electrons. The molecule has 1 amide bonds. The molecule has 3 heterocycles. The van der Waals surface area contributed by atoms with Crippen molar-refractivity contribution in [2.75, 3.05) is 18.4 Å². The Hall–Kier alpha value is -3.36. The van der Waals surface area contributed by atoms with Crippen LogP contribution in [-0.2, 0) is 6.42 Å². The number of nitrogens with zero attached hydrogens (tertiary/aromatic N) is 4. The maximum Gasteiger partial charge on any atom is 0.256 e. The maximum absolute atomic E-state index is 13.9. The van der Waals surface area contributed by atoms with Gasteiger partial charge in [-0.15, -0.1) is 0 Å². The standard InChI is InChI=1S/C21H22F2N6O/c1-13-9-19(28-27-13)26-18-11-15(24-12-25-18)10-14-5-7-29(8-6-14)21(30)16-3-2-4-17(22)20(16)23/h2-4,9,11-12,14H,5-8,10H2,1H3,(H2,24,25,26,27,28). The Bertz CT molecular complexity index is 1050. The van der Waals surface area contributed by atoms with E-state index < -0.39 is 17.5 Å². The number of piperidine rings is 1. The second kappa shape index (κ2) is 8.56. The summed E-state index contributed by atoms with van der Waals surface area (Å²) in [5.41, 5.74) is 1.64. The summed E-state index contributed by atoms with van der Waals surface area (Å²) >= 11 is 0. The van der Waals surface area contributed by atoms with Gasteiger partial charge in [0.15, 0.2) is 17.5 Å². The molecule has 0 spiro atoms. The van der Waals surface area contributed by atoms with E-state index in [-0.39, 0.29) is 5.56 Å². The molecule has 3 aromatic rings. The highest BCUT2D eigenvalue weighted by Gasteiger charge is 2.26. The van der Waals surface area contributed by atoms with Gasteiger partial charge < -0.3 is 10.2 Å². The summed E-state index contributed by atoms with van der Waals surface area (Å²) < 4.78 is 27.3. The predicted octanol–water partition coefficient (Wildman–Crippen LogP) is 3.62. The third kappa shape index (κ3) is 4.45. The number of hydrogen-bond acceptors (Lipinski definition) is 5. The van der Waals surface area contributed by atoms with Crippen molar-refractivity contribution in [3.8, 4) is 0 Å². The number of amides is 1. The fourth-order valence-electron chi connectivity index (χ4n) is 3.67. The van der Waals surface area contributed by atoms with Crippen LogP contribution in [0.4, 0.5) is 20.4 Å². The molecule has 7 nitrogen and oxygen atoms in total. The van der Waals surface area contributed by atoms with Crippen molar-refractivity contribution in [2.24, 2.45) is 5.92 Å². The summed E-state index contributed by atoms with van der Waals surface area (Å²) in [6.45, 7) is 2.92. The Kier molecular flexibility index (Phi) is 5.69. The van der Waals surface area contributed by atoms with Gasteiger partial charge in [-0.3, -0.25) is 9.89 Å². The summed E-state index contributed by atoms with van der Waals surface area (Å²) in [5.74, 6) is -0.851. The smallest absolute Gasteiger partial charge is 0.256 e. The molecule has 2 N–H and O–H groups in total. The highest BCUT2D eigenvalue weighted by molar-refractivity contribution is 5.94. The molecule has 0 unspecified atom stereocenters. The first-order valence-corrected chi connectivity index (χ1v) is 9.83. The molecule has 0 aliphatic carbocycles. The van der Waals surface area contributed by atoms with E-state index in [0.717, 1.165) is 36.7 Å². The Balaban J connectivity index is 1.34. The molecule has 9 heteroatoms. The van der Waals surface area contributed by atoms with E-state index in [1.165, 1.54) is 18.5 Å². The van der Waals surface area contributed by atoms with Crippen molar-refractivity contribution in [2.45, 2.75) is 26.2 Å². The second-order valence-electron chi connectivity index (χ2n) is 7.50. The van der Waals surface area contributed by atoms with Crippen molar-refractivity contribution in [3.05, 3.63) is 65.2 Å². The van der Waals surface area contributed by atoms with Crippen LogP contribution >= 0.6 is 0 Å². The van der Waals surface area contributed by atoms with Crippen molar-refractivity contribution in [3.63, 3.8) is 0 Å². The SMILES string of the molecule is Cc1cc(Nc2cc(CC3CCN(C(=O)c4cccc(F)c4F)CC3)ncn2)n[nH]1. The highest BCUT2D eigenvalue weighted by Crippen LogP contribution is 2.24. The zero-order valence-corrected chi connectivity index (χ0v) is 16.5. The summed E-state index contributed by atoms with van der Waals surface area (Å²) in [6.07, 6.45) is 3.82. The largest absolute Gasteiger partial charge is 0.339 e. The molecule has 0 atom stereocenters. The summed E-state index contributed by atoms with van der Waals surface area (Å²) in [7, 11) is 0. The number of nitrogens with one attached hydrogen (secondary N) is 2. The number of hydrogen-bond donors (Lipinski definition) is 2. The predicted molar refractivity (Wildman–Crippen MR) is 107 cm³/mol. The number of aromatic nitrogens is 4. The number of H-pyrrole nitrogens is 1. The number of carbonyl (C=O) groups excluding carboxylic acids is 1. The van der Waals surface area contributed by atoms with Crippen LogP contribution < -0.4 is 5.32 Å². The first-order chi connectivity index (χ1) is 14.5. The van der Waals surface area contributed by atoms with Crippen LogP contribution in [0.2, 0.25) is 0 Å². The van der Waals surface area contributed by atoms with Crippen LogP contribution in [0.5, 0.6) is 0 Å². The number of benzene rings is 1. The average molecular weight is 412 g/mol. The van der Waals surface area contributed by atoms with Gasteiger partial charge in [-0.05, 0) is 44.2 Å². The Morgan fingerprint density at radius 3 is 2.73 bits per heavy atom. The lowest BCUT2D eigenvalue weighted by Crippen LogP contribution is -2.39. The van der Waals surface area contributed by atoms with Crippen LogP contribution in [-0.4, -0.2) is 44.1 Å². The fraction of sp³-hybridized carbons (Fsp3) is 0.333. The van der Waals surface area contributed by atoms with Gasteiger partial charge in [-0.25, -0.2) is 18.7 Å². The van der Waals surface area contributed by atoms with E-state index in [1.54, 1.807) is 4.90 Å². The minimum atomic E-state index is -1.09. The van der Waals surface area contributed by atoms with Crippen molar-refractivity contribution in [1.82, 2.24) is 25.1 Å². The van der Waals surface area contributed by atoms with Crippen molar-refractivity contribution < 1.29 is 13.6 Å². The van der Waals surface area contributed by atoms with Gasteiger partial charge in [0.2, 0.25) is 0 Å². The zero-order chi connectivity index (χ0) is 21.1. The number of anilines is 2. The molecule has 1 aliphatic heterocycles. The van der Waals surface area contributed by atoms with E-state index in [2.05, 4.69) is 25.5 Å². The molecular formula is C21H22F2N6O. The molecular weight excluding hydrogens is 390 g/mol. The minimum Gasteiger partial charge on any atom is -0.339 e. The molecule has 1 fully saturated rings. The second-order valence-corrected chi connectivity index (χ2v) is 7.50. The number of aromatic amines is 1. The van der Waals surface area contributed by atoms with Gasteiger partial charge in [0.1, 0.15) is 12.1 Å². The molecule has 0 bridgehead atoms. The third-order valence-electron chi connectivity index (χ3n) is 5.27. The van der Waals surface area contributed by atoms with Crippen LogP contribution in [0.1, 0.15) is 34.6 Å². The third-order valence-corrected chi connectivity index (χ3v) is 5.27. The number of halogens is 2. The topological polar surface area (TPSA) is 86.8 Å². The molecule has 1 aliphatic rings. The summed E-state index contributed by atoms with van der Waals surface area (Å²) in [4.78, 5) is 22.7. The van der Waals surface area contributed by atoms with Crippen LogP contribution in [0.3, 0.4) is 0 Å². The van der Waals surface area contributed by atoms with Crippen LogP contribution in [0.15, 0.2) is 36.7 Å². The molecule has 2 aromatic heterocycles. The normalized spacial score (nSPS) is 14.7. The van der Waals surface area contributed by atoms with Crippen LogP contribution in [0.25, 0.3) is 0 Å². The van der Waals surface area contributed by atoms with E-state index in [4.69, 9.17) is 0 Å². The minimum absolute atomic E-state index is 0.214. The molecule has 4 rings (SSSR count). The highest BCUT2D eigenvalue weighted by atomic mass is 19.2. The van der Waals surface area contributed by atoms with Gasteiger partial charge in [-0.2, -0.15) is 5.10 Å². The monoisotopic (exact) mass is 412 g/mol. The lowest BCUT2D eigenvalue weighted by Gasteiger charge is -2.32. The lowest BCUT2D eigenvalue weighted by atomic mass is 9.91. The van der Waals surface area contributed by atoms with Gasteiger partial charge >= 0.3 is 0 Å². The molecule has 1 aromatic carbocycles. The Labute approximate surface area is 172 Å². The molecule has 0 saturated carbocycles. The van der Waals surface area contributed by atoms with Crippen molar-refractivity contribution in [1.29, 1.82) is 0 Å². The summed E-state index contributed by atoms with van der Waals surface area (Å²) in [6, 6.07) is 7.46. The van der Waals surface area contributed by atoms with E-state index >= 15 is 0 Å².